The SMILES string of the molecule is NC(=O)c1nn(CC(=O)N2[C@@H]3CC[C@@H]3C[C@H]2C(N)=O)c2cnccc12. The number of nitrogens with zero attached hydrogens (tertiary/aromatic N) is 4. The molecule has 3 heterocycles. The second-order valence-corrected chi connectivity index (χ2v) is 6.62. The molecule has 2 aromatic rings. The van der Waals surface area contributed by atoms with E-state index in [-0.39, 0.29) is 24.2 Å². The van der Waals surface area contributed by atoms with Gasteiger partial charge in [-0.25, -0.2) is 0 Å². The van der Waals surface area contributed by atoms with Gasteiger partial charge in [-0.15, -0.1) is 0 Å². The smallest absolute Gasteiger partial charge is 0.269 e. The molecular weight excluding hydrogens is 324 g/mol. The van der Waals surface area contributed by atoms with Gasteiger partial charge in [0.2, 0.25) is 11.8 Å². The van der Waals surface area contributed by atoms with Gasteiger partial charge in [0.15, 0.2) is 5.69 Å². The van der Waals surface area contributed by atoms with Crippen LogP contribution in [0.1, 0.15) is 29.8 Å². The molecule has 1 aliphatic heterocycles. The number of rotatable bonds is 4. The van der Waals surface area contributed by atoms with E-state index in [4.69, 9.17) is 11.5 Å². The molecule has 3 atom stereocenters. The summed E-state index contributed by atoms with van der Waals surface area (Å²) in [6.07, 6.45) is 5.58. The van der Waals surface area contributed by atoms with Crippen LogP contribution in [0, 0.1) is 5.92 Å². The van der Waals surface area contributed by atoms with Crippen molar-refractivity contribution in [2.45, 2.75) is 37.9 Å². The quantitative estimate of drug-likeness (QED) is 0.764. The van der Waals surface area contributed by atoms with Crippen LogP contribution in [0.25, 0.3) is 10.9 Å². The molecule has 3 amide bonds. The average molecular weight is 342 g/mol. The first kappa shape index (κ1) is 15.6. The molecule has 1 saturated heterocycles. The van der Waals surface area contributed by atoms with Gasteiger partial charge in [0.05, 0.1) is 11.7 Å². The van der Waals surface area contributed by atoms with Crippen LogP contribution in [-0.2, 0) is 16.1 Å². The first-order valence-electron chi connectivity index (χ1n) is 8.18. The fourth-order valence-electron chi connectivity index (χ4n) is 3.97. The number of nitrogens with two attached hydrogens (primary N) is 2. The highest BCUT2D eigenvalue weighted by Crippen LogP contribution is 2.43. The lowest BCUT2D eigenvalue weighted by molar-refractivity contribution is -0.141. The van der Waals surface area contributed by atoms with Crippen LogP contribution in [0.5, 0.6) is 0 Å². The minimum Gasteiger partial charge on any atom is -0.368 e. The number of fused-ring (bicyclic) bond motifs is 2. The lowest BCUT2D eigenvalue weighted by Crippen LogP contribution is -2.50. The summed E-state index contributed by atoms with van der Waals surface area (Å²) in [7, 11) is 0. The number of hydrogen-bond donors (Lipinski definition) is 2. The molecule has 4 rings (SSSR count). The number of carbonyl (C=O) groups excluding carboxylic acids is 3. The summed E-state index contributed by atoms with van der Waals surface area (Å²) >= 11 is 0. The van der Waals surface area contributed by atoms with Crippen molar-refractivity contribution in [1.82, 2.24) is 19.7 Å². The maximum absolute atomic E-state index is 12.9. The maximum atomic E-state index is 12.9. The first-order valence-corrected chi connectivity index (χ1v) is 8.18. The van der Waals surface area contributed by atoms with E-state index < -0.39 is 17.9 Å². The van der Waals surface area contributed by atoms with E-state index in [0.29, 0.717) is 23.2 Å². The monoisotopic (exact) mass is 342 g/mol. The summed E-state index contributed by atoms with van der Waals surface area (Å²) in [4.78, 5) is 41.8. The molecule has 2 fully saturated rings. The van der Waals surface area contributed by atoms with Gasteiger partial charge in [0.1, 0.15) is 12.6 Å². The third-order valence-corrected chi connectivity index (χ3v) is 5.29. The zero-order chi connectivity index (χ0) is 17.7. The molecule has 0 bridgehead atoms. The molecule has 0 radical (unpaired) electrons. The second kappa shape index (κ2) is 5.54. The normalized spacial score (nSPS) is 24.8. The van der Waals surface area contributed by atoms with Crippen LogP contribution in [-0.4, -0.2) is 49.5 Å². The van der Waals surface area contributed by atoms with Crippen LogP contribution in [0.4, 0.5) is 0 Å². The van der Waals surface area contributed by atoms with Gasteiger partial charge in [0.25, 0.3) is 5.91 Å². The van der Waals surface area contributed by atoms with Crippen molar-refractivity contribution in [2.75, 3.05) is 0 Å². The molecule has 0 spiro atoms. The largest absolute Gasteiger partial charge is 0.368 e. The maximum Gasteiger partial charge on any atom is 0.269 e. The molecule has 2 aromatic heterocycles. The third kappa shape index (κ3) is 2.34. The Labute approximate surface area is 143 Å². The molecule has 25 heavy (non-hydrogen) atoms. The zero-order valence-electron chi connectivity index (χ0n) is 13.5. The summed E-state index contributed by atoms with van der Waals surface area (Å²) < 4.78 is 1.41. The summed E-state index contributed by atoms with van der Waals surface area (Å²) in [5.74, 6) is -1.04. The van der Waals surface area contributed by atoms with Crippen LogP contribution in [0.2, 0.25) is 0 Å². The predicted molar refractivity (Wildman–Crippen MR) is 87.0 cm³/mol. The number of hydrogen-bond acceptors (Lipinski definition) is 5. The van der Waals surface area contributed by atoms with E-state index in [0.717, 1.165) is 12.8 Å². The van der Waals surface area contributed by atoms with E-state index >= 15 is 0 Å². The Morgan fingerprint density at radius 2 is 2.04 bits per heavy atom. The lowest BCUT2D eigenvalue weighted by atomic mass is 9.80. The average Bonchev–Trinajstić information content (AvgIpc) is 3.03. The fraction of sp³-hybridized carbons (Fsp3) is 0.438. The highest BCUT2D eigenvalue weighted by atomic mass is 16.2. The summed E-state index contributed by atoms with van der Waals surface area (Å²) in [5.41, 5.74) is 11.5. The highest BCUT2D eigenvalue weighted by Gasteiger charge is 2.50. The molecule has 0 aromatic carbocycles. The third-order valence-electron chi connectivity index (χ3n) is 5.29. The Morgan fingerprint density at radius 1 is 1.24 bits per heavy atom. The highest BCUT2D eigenvalue weighted by molar-refractivity contribution is 6.04. The minimum absolute atomic E-state index is 0.0700. The van der Waals surface area contributed by atoms with Crippen LogP contribution in [0.15, 0.2) is 18.5 Å². The van der Waals surface area contributed by atoms with Crippen molar-refractivity contribution in [3.05, 3.63) is 24.2 Å². The summed E-state index contributed by atoms with van der Waals surface area (Å²) in [6, 6.07) is 1.13. The van der Waals surface area contributed by atoms with Crippen molar-refractivity contribution in [3.63, 3.8) is 0 Å². The Kier molecular flexibility index (Phi) is 3.45. The number of primary amides is 2. The predicted octanol–water partition coefficient (Wildman–Crippen LogP) is -0.605. The number of carbonyl (C=O) groups is 3. The van der Waals surface area contributed by atoms with E-state index in [1.807, 2.05) is 0 Å². The minimum atomic E-state index is -0.669. The van der Waals surface area contributed by atoms with E-state index in [9.17, 15) is 14.4 Å². The topological polar surface area (TPSA) is 137 Å². The Morgan fingerprint density at radius 3 is 2.68 bits per heavy atom. The molecule has 130 valence electrons. The van der Waals surface area contributed by atoms with Crippen molar-refractivity contribution < 1.29 is 14.4 Å². The summed E-state index contributed by atoms with van der Waals surface area (Å²) in [5, 5.41) is 4.72. The molecule has 9 heteroatoms. The van der Waals surface area contributed by atoms with Crippen LogP contribution in [0.3, 0.4) is 0 Å². The van der Waals surface area contributed by atoms with Gasteiger partial charge in [-0.3, -0.25) is 24.0 Å². The lowest BCUT2D eigenvalue weighted by Gasteiger charge is -2.36. The van der Waals surface area contributed by atoms with Gasteiger partial charge < -0.3 is 16.4 Å². The molecule has 1 saturated carbocycles. The number of pyridine rings is 1. The molecule has 4 N–H and O–H groups in total. The number of likely N-dealkylation sites (tertiary alicyclic amines) is 1. The molecule has 9 nitrogen and oxygen atoms in total. The fourth-order valence-corrected chi connectivity index (χ4v) is 3.97. The summed E-state index contributed by atoms with van der Waals surface area (Å²) in [6.45, 7) is -0.0948. The van der Waals surface area contributed by atoms with E-state index in [1.165, 1.54) is 17.1 Å². The van der Waals surface area contributed by atoms with Gasteiger partial charge in [-0.2, -0.15) is 5.10 Å². The van der Waals surface area contributed by atoms with Crippen LogP contribution >= 0.6 is 0 Å². The first-order chi connectivity index (χ1) is 12.0. The van der Waals surface area contributed by atoms with Gasteiger partial charge in [-0.05, 0) is 31.2 Å². The van der Waals surface area contributed by atoms with Crippen molar-refractivity contribution in [3.8, 4) is 0 Å². The zero-order valence-corrected chi connectivity index (χ0v) is 13.5. The van der Waals surface area contributed by atoms with Crippen LogP contribution < -0.4 is 11.5 Å². The van der Waals surface area contributed by atoms with Gasteiger partial charge in [-0.1, -0.05) is 0 Å². The molecule has 0 unspecified atom stereocenters. The number of aromatic nitrogens is 3. The standard InChI is InChI=1S/C16H18N6O3/c17-15(24)11-5-8-1-2-10(8)22(11)13(23)7-21-12-6-19-4-3-9(12)14(20-21)16(18)25/h3-4,6,8,10-11H,1-2,5,7H2,(H2,17,24)(H2,18,25)/t8-,10-,11+/m1/s1. The van der Waals surface area contributed by atoms with Gasteiger partial charge >= 0.3 is 0 Å². The molecule has 2 aliphatic rings. The van der Waals surface area contributed by atoms with E-state index in [1.54, 1.807) is 11.0 Å². The second-order valence-electron chi connectivity index (χ2n) is 6.62. The Hall–Kier alpha value is -2.97. The van der Waals surface area contributed by atoms with E-state index in [2.05, 4.69) is 10.1 Å². The Bertz CT molecular complexity index is 891. The van der Waals surface area contributed by atoms with Crippen molar-refractivity contribution in [2.24, 2.45) is 17.4 Å². The number of amides is 3. The molecular formula is C16H18N6O3. The Balaban J connectivity index is 1.66. The molecule has 1 aliphatic carbocycles. The van der Waals surface area contributed by atoms with Crippen molar-refractivity contribution in [1.29, 1.82) is 0 Å². The van der Waals surface area contributed by atoms with Crippen molar-refractivity contribution >= 4 is 28.6 Å². The van der Waals surface area contributed by atoms with Gasteiger partial charge in [0, 0.05) is 17.6 Å².